The fourth-order valence-electron chi connectivity index (χ4n) is 1.87. The van der Waals surface area contributed by atoms with Crippen molar-refractivity contribution >= 4 is 11.5 Å². The highest BCUT2D eigenvalue weighted by Gasteiger charge is 2.36. The van der Waals surface area contributed by atoms with Gasteiger partial charge in [-0.2, -0.15) is 13.2 Å². The molecule has 0 saturated carbocycles. The number of nitro groups is 1. The summed E-state index contributed by atoms with van der Waals surface area (Å²) in [6, 6.07) is 4.55. The van der Waals surface area contributed by atoms with Gasteiger partial charge in [0.15, 0.2) is 5.69 Å². The van der Waals surface area contributed by atoms with E-state index in [0.29, 0.717) is 0 Å². The average molecular weight is 298 g/mol. The van der Waals surface area contributed by atoms with Crippen LogP contribution in [-0.4, -0.2) is 21.9 Å². The molecular formula is C12H9F3N4O2. The third-order valence-corrected chi connectivity index (χ3v) is 2.73. The number of rotatable bonds is 3. The van der Waals surface area contributed by atoms with E-state index in [4.69, 9.17) is 0 Å². The van der Waals surface area contributed by atoms with Gasteiger partial charge >= 0.3 is 11.9 Å². The van der Waals surface area contributed by atoms with Crippen LogP contribution in [0.1, 0.15) is 5.56 Å². The van der Waals surface area contributed by atoms with Crippen LogP contribution in [0.3, 0.4) is 0 Å². The van der Waals surface area contributed by atoms with E-state index in [1.54, 1.807) is 0 Å². The summed E-state index contributed by atoms with van der Waals surface area (Å²) in [5.74, 6) is -0.151. The summed E-state index contributed by atoms with van der Waals surface area (Å²) in [5.41, 5.74) is -2.34. The number of aromatic nitrogens is 2. The second kappa shape index (κ2) is 5.35. The summed E-state index contributed by atoms with van der Waals surface area (Å²) in [6.45, 7) is 0. The number of hydrogen-bond acceptors (Lipinski definition) is 5. The molecule has 0 aliphatic rings. The number of hydrogen-bond donors (Lipinski definition) is 1. The highest BCUT2D eigenvalue weighted by molar-refractivity contribution is 5.78. The van der Waals surface area contributed by atoms with Crippen LogP contribution in [0.15, 0.2) is 30.6 Å². The van der Waals surface area contributed by atoms with Crippen LogP contribution in [0.4, 0.5) is 24.7 Å². The maximum absolute atomic E-state index is 13.0. The molecule has 2 rings (SSSR count). The summed E-state index contributed by atoms with van der Waals surface area (Å²) in [6.07, 6.45) is -3.67. The molecule has 0 fully saturated rings. The van der Waals surface area contributed by atoms with Gasteiger partial charge in [0.05, 0.1) is 10.5 Å². The van der Waals surface area contributed by atoms with Crippen LogP contribution in [0.25, 0.3) is 11.3 Å². The number of nitrogens with one attached hydrogen (secondary N) is 1. The van der Waals surface area contributed by atoms with Crippen molar-refractivity contribution in [1.82, 2.24) is 9.97 Å². The van der Waals surface area contributed by atoms with Gasteiger partial charge in [0.1, 0.15) is 6.33 Å². The quantitative estimate of drug-likeness (QED) is 0.695. The molecule has 2 aromatic rings. The number of benzene rings is 1. The molecule has 0 atom stereocenters. The smallest absolute Gasteiger partial charge is 0.367 e. The third-order valence-electron chi connectivity index (χ3n) is 2.73. The Morgan fingerprint density at radius 3 is 2.48 bits per heavy atom. The minimum Gasteiger partial charge on any atom is -0.367 e. The third kappa shape index (κ3) is 2.76. The van der Waals surface area contributed by atoms with Gasteiger partial charge in [0, 0.05) is 12.6 Å². The van der Waals surface area contributed by atoms with Gasteiger partial charge in [-0.15, -0.1) is 0 Å². The van der Waals surface area contributed by atoms with Crippen LogP contribution in [-0.2, 0) is 6.18 Å². The van der Waals surface area contributed by atoms with Crippen LogP contribution < -0.4 is 5.32 Å². The zero-order valence-electron chi connectivity index (χ0n) is 10.7. The number of anilines is 1. The Labute approximate surface area is 116 Å². The van der Waals surface area contributed by atoms with E-state index in [-0.39, 0.29) is 17.1 Å². The van der Waals surface area contributed by atoms with E-state index in [1.807, 2.05) is 0 Å². The van der Waals surface area contributed by atoms with Crippen LogP contribution >= 0.6 is 0 Å². The lowest BCUT2D eigenvalue weighted by atomic mass is 10.0. The summed E-state index contributed by atoms with van der Waals surface area (Å²) in [7, 11) is 1.38. The highest BCUT2D eigenvalue weighted by atomic mass is 19.4. The maximum atomic E-state index is 13.0. The minimum atomic E-state index is -4.64. The van der Waals surface area contributed by atoms with Crippen molar-refractivity contribution in [2.45, 2.75) is 6.18 Å². The monoisotopic (exact) mass is 298 g/mol. The Bertz CT molecular complexity index is 688. The van der Waals surface area contributed by atoms with E-state index < -0.39 is 22.4 Å². The normalized spacial score (nSPS) is 11.2. The SMILES string of the molecule is CNc1ncnc(-c2ccccc2C(F)(F)F)c1[N+](=O)[O-]. The molecule has 110 valence electrons. The predicted molar refractivity (Wildman–Crippen MR) is 68.7 cm³/mol. The van der Waals surface area contributed by atoms with Gasteiger partial charge in [-0.1, -0.05) is 18.2 Å². The van der Waals surface area contributed by atoms with Gasteiger partial charge in [-0.3, -0.25) is 10.1 Å². The van der Waals surface area contributed by atoms with Crippen molar-refractivity contribution in [1.29, 1.82) is 0 Å². The van der Waals surface area contributed by atoms with Crippen molar-refractivity contribution in [2.24, 2.45) is 0 Å². The number of nitrogens with zero attached hydrogens (tertiary/aromatic N) is 3. The Morgan fingerprint density at radius 1 is 1.24 bits per heavy atom. The molecule has 0 amide bonds. The van der Waals surface area contributed by atoms with Gasteiger partial charge in [-0.25, -0.2) is 9.97 Å². The van der Waals surface area contributed by atoms with Crippen molar-refractivity contribution in [2.75, 3.05) is 12.4 Å². The van der Waals surface area contributed by atoms with E-state index >= 15 is 0 Å². The van der Waals surface area contributed by atoms with E-state index in [2.05, 4.69) is 15.3 Å². The number of alkyl halides is 3. The molecule has 1 aromatic carbocycles. The molecule has 0 aliphatic carbocycles. The molecule has 9 heteroatoms. The first kappa shape index (κ1) is 14.7. The topological polar surface area (TPSA) is 81.0 Å². The van der Waals surface area contributed by atoms with Crippen molar-refractivity contribution in [3.63, 3.8) is 0 Å². The maximum Gasteiger partial charge on any atom is 0.417 e. The summed E-state index contributed by atoms with van der Waals surface area (Å²) >= 11 is 0. The molecule has 0 aliphatic heterocycles. The standard InChI is InChI=1S/C12H9F3N4O2/c1-16-11-10(19(20)21)9(17-6-18-11)7-4-2-3-5-8(7)12(13,14)15/h2-6H,1H3,(H,16,17,18). The zero-order chi connectivity index (χ0) is 15.6. The van der Waals surface area contributed by atoms with Crippen LogP contribution in [0.5, 0.6) is 0 Å². The Kier molecular flexibility index (Phi) is 3.74. The van der Waals surface area contributed by atoms with Crippen LogP contribution in [0, 0.1) is 10.1 Å². The lowest BCUT2D eigenvalue weighted by Crippen LogP contribution is -2.09. The first-order chi connectivity index (χ1) is 9.86. The van der Waals surface area contributed by atoms with Gasteiger partial charge in [0.2, 0.25) is 5.82 Å². The van der Waals surface area contributed by atoms with Gasteiger partial charge in [0.25, 0.3) is 0 Å². The van der Waals surface area contributed by atoms with Crippen molar-refractivity contribution < 1.29 is 18.1 Å². The summed E-state index contributed by atoms with van der Waals surface area (Å²) in [4.78, 5) is 17.6. The molecule has 21 heavy (non-hydrogen) atoms. The molecule has 0 spiro atoms. The molecule has 6 nitrogen and oxygen atoms in total. The predicted octanol–water partition coefficient (Wildman–Crippen LogP) is 3.11. The average Bonchev–Trinajstić information content (AvgIpc) is 2.45. The van der Waals surface area contributed by atoms with E-state index in [1.165, 1.54) is 19.2 Å². The van der Waals surface area contributed by atoms with Crippen molar-refractivity contribution in [3.05, 3.63) is 46.3 Å². The molecule has 1 N–H and O–H groups in total. The van der Waals surface area contributed by atoms with Crippen LogP contribution in [0.2, 0.25) is 0 Å². The fraction of sp³-hybridized carbons (Fsp3) is 0.167. The van der Waals surface area contributed by atoms with Crippen molar-refractivity contribution in [3.8, 4) is 11.3 Å². The fourth-order valence-corrected chi connectivity index (χ4v) is 1.87. The highest BCUT2D eigenvalue weighted by Crippen LogP contribution is 2.40. The summed E-state index contributed by atoms with van der Waals surface area (Å²) < 4.78 is 39.1. The minimum absolute atomic E-state index is 0.151. The summed E-state index contributed by atoms with van der Waals surface area (Å²) in [5, 5.41) is 13.6. The first-order valence-corrected chi connectivity index (χ1v) is 5.70. The zero-order valence-corrected chi connectivity index (χ0v) is 10.7. The lowest BCUT2D eigenvalue weighted by Gasteiger charge is -2.12. The molecule has 1 aromatic heterocycles. The molecule has 0 bridgehead atoms. The second-order valence-corrected chi connectivity index (χ2v) is 3.97. The number of halogens is 3. The molecule has 0 saturated heterocycles. The Balaban J connectivity index is 2.77. The van der Waals surface area contributed by atoms with E-state index in [0.717, 1.165) is 18.5 Å². The van der Waals surface area contributed by atoms with Gasteiger partial charge < -0.3 is 5.32 Å². The Hall–Kier alpha value is -2.71. The molecule has 0 unspecified atom stereocenters. The van der Waals surface area contributed by atoms with Gasteiger partial charge in [-0.05, 0) is 6.07 Å². The van der Waals surface area contributed by atoms with E-state index in [9.17, 15) is 23.3 Å². The second-order valence-electron chi connectivity index (χ2n) is 3.97. The molecular weight excluding hydrogens is 289 g/mol. The Morgan fingerprint density at radius 2 is 1.90 bits per heavy atom. The molecule has 0 radical (unpaired) electrons. The molecule has 1 heterocycles. The lowest BCUT2D eigenvalue weighted by molar-refractivity contribution is -0.383. The largest absolute Gasteiger partial charge is 0.417 e. The first-order valence-electron chi connectivity index (χ1n) is 5.70.